The lowest BCUT2D eigenvalue weighted by Crippen LogP contribution is -2.22. The van der Waals surface area contributed by atoms with Crippen LogP contribution in [0.1, 0.15) is 53.9 Å². The zero-order valence-corrected chi connectivity index (χ0v) is 13.5. The SMILES string of the molecule is CCC(C)CC=C(CC(C)C)C(C)OCN(C)C. The second kappa shape index (κ2) is 9.57. The molecule has 0 aliphatic heterocycles. The third-order valence-electron chi connectivity index (χ3n) is 3.23. The van der Waals surface area contributed by atoms with E-state index in [1.165, 1.54) is 18.4 Å². The molecule has 0 rings (SSSR count). The van der Waals surface area contributed by atoms with E-state index in [1.54, 1.807) is 0 Å². The summed E-state index contributed by atoms with van der Waals surface area (Å²) in [4.78, 5) is 2.07. The summed E-state index contributed by atoms with van der Waals surface area (Å²) in [6, 6.07) is 0. The number of rotatable bonds is 9. The average molecular weight is 255 g/mol. The van der Waals surface area contributed by atoms with Gasteiger partial charge in [-0.1, -0.05) is 40.2 Å². The van der Waals surface area contributed by atoms with E-state index < -0.39 is 0 Å². The van der Waals surface area contributed by atoms with E-state index in [-0.39, 0.29) is 6.10 Å². The predicted molar refractivity (Wildman–Crippen MR) is 80.7 cm³/mol. The van der Waals surface area contributed by atoms with Gasteiger partial charge in [-0.25, -0.2) is 0 Å². The fourth-order valence-corrected chi connectivity index (χ4v) is 1.77. The van der Waals surface area contributed by atoms with Crippen molar-refractivity contribution in [3.8, 4) is 0 Å². The minimum atomic E-state index is 0.235. The van der Waals surface area contributed by atoms with Crippen LogP contribution in [-0.2, 0) is 4.74 Å². The van der Waals surface area contributed by atoms with Crippen molar-refractivity contribution < 1.29 is 4.74 Å². The number of nitrogens with zero attached hydrogens (tertiary/aromatic N) is 1. The molecule has 0 fully saturated rings. The Labute approximate surface area is 114 Å². The smallest absolute Gasteiger partial charge is 0.0993 e. The first-order chi connectivity index (χ1) is 8.36. The molecule has 2 nitrogen and oxygen atoms in total. The first kappa shape index (κ1) is 17.7. The molecule has 0 aromatic heterocycles. The highest BCUT2D eigenvalue weighted by atomic mass is 16.5. The van der Waals surface area contributed by atoms with Crippen LogP contribution in [0, 0.1) is 11.8 Å². The van der Waals surface area contributed by atoms with Crippen LogP contribution in [0.3, 0.4) is 0 Å². The molecular formula is C16H33NO. The standard InChI is InChI=1S/C16H33NO/c1-8-14(4)9-10-16(11-13(2)3)15(5)18-12-17(6)7/h10,13-15H,8-9,11-12H2,1-7H3. The number of ether oxygens (including phenoxy) is 1. The Kier molecular flexibility index (Phi) is 9.39. The molecule has 0 spiro atoms. The predicted octanol–water partition coefficient (Wildman–Crippen LogP) is 4.32. The van der Waals surface area contributed by atoms with Crippen molar-refractivity contribution in [3.63, 3.8) is 0 Å². The van der Waals surface area contributed by atoms with E-state index >= 15 is 0 Å². The summed E-state index contributed by atoms with van der Waals surface area (Å²) >= 11 is 0. The minimum Gasteiger partial charge on any atom is -0.359 e. The lowest BCUT2D eigenvalue weighted by atomic mass is 9.95. The summed E-state index contributed by atoms with van der Waals surface area (Å²) in [6.45, 7) is 12.0. The first-order valence-corrected chi connectivity index (χ1v) is 7.32. The van der Waals surface area contributed by atoms with Crippen molar-refractivity contribution in [2.75, 3.05) is 20.8 Å². The summed E-state index contributed by atoms with van der Waals surface area (Å²) in [5.41, 5.74) is 1.46. The lowest BCUT2D eigenvalue weighted by Gasteiger charge is -2.21. The highest BCUT2D eigenvalue weighted by Crippen LogP contribution is 2.20. The zero-order valence-electron chi connectivity index (χ0n) is 13.5. The van der Waals surface area contributed by atoms with Crippen LogP contribution in [0.25, 0.3) is 0 Å². The number of hydrogen-bond donors (Lipinski definition) is 0. The van der Waals surface area contributed by atoms with Crippen molar-refractivity contribution >= 4 is 0 Å². The maximum atomic E-state index is 5.89. The van der Waals surface area contributed by atoms with Gasteiger partial charge in [-0.15, -0.1) is 0 Å². The molecule has 0 aliphatic rings. The van der Waals surface area contributed by atoms with E-state index in [1.807, 2.05) is 14.1 Å². The van der Waals surface area contributed by atoms with Crippen molar-refractivity contribution in [3.05, 3.63) is 11.6 Å². The average Bonchev–Trinajstić information content (AvgIpc) is 2.30. The maximum Gasteiger partial charge on any atom is 0.0993 e. The fourth-order valence-electron chi connectivity index (χ4n) is 1.77. The second-order valence-electron chi connectivity index (χ2n) is 6.14. The van der Waals surface area contributed by atoms with E-state index in [0.29, 0.717) is 12.6 Å². The van der Waals surface area contributed by atoms with Crippen molar-refractivity contribution in [2.24, 2.45) is 11.8 Å². The molecule has 2 atom stereocenters. The van der Waals surface area contributed by atoms with E-state index in [9.17, 15) is 0 Å². The van der Waals surface area contributed by atoms with Gasteiger partial charge in [0.05, 0.1) is 12.8 Å². The fraction of sp³-hybridized carbons (Fsp3) is 0.875. The highest BCUT2D eigenvalue weighted by molar-refractivity contribution is 5.08. The molecule has 18 heavy (non-hydrogen) atoms. The second-order valence-corrected chi connectivity index (χ2v) is 6.14. The van der Waals surface area contributed by atoms with Crippen molar-refractivity contribution in [2.45, 2.75) is 60.0 Å². The molecule has 0 saturated heterocycles. The molecule has 0 amide bonds. The van der Waals surface area contributed by atoms with E-state index in [2.05, 4.69) is 45.6 Å². The van der Waals surface area contributed by atoms with Gasteiger partial charge in [0.1, 0.15) is 0 Å². The summed E-state index contributed by atoms with van der Waals surface area (Å²) < 4.78 is 5.89. The van der Waals surface area contributed by atoms with Crippen LogP contribution in [0.5, 0.6) is 0 Å². The summed E-state index contributed by atoms with van der Waals surface area (Å²) in [5.74, 6) is 1.46. The molecule has 0 radical (unpaired) electrons. The number of hydrogen-bond acceptors (Lipinski definition) is 2. The zero-order chi connectivity index (χ0) is 14.1. The summed E-state index contributed by atoms with van der Waals surface area (Å²) in [7, 11) is 4.08. The normalized spacial score (nSPS) is 16.4. The van der Waals surface area contributed by atoms with Gasteiger partial charge >= 0.3 is 0 Å². The van der Waals surface area contributed by atoms with Gasteiger partial charge in [-0.3, -0.25) is 4.90 Å². The van der Waals surface area contributed by atoms with Crippen molar-refractivity contribution in [1.29, 1.82) is 0 Å². The summed E-state index contributed by atoms with van der Waals surface area (Å²) in [6.07, 6.45) is 6.21. The Morgan fingerprint density at radius 2 is 1.78 bits per heavy atom. The molecule has 0 N–H and O–H groups in total. The highest BCUT2D eigenvalue weighted by Gasteiger charge is 2.12. The Morgan fingerprint density at radius 3 is 2.22 bits per heavy atom. The Morgan fingerprint density at radius 1 is 1.17 bits per heavy atom. The van der Waals surface area contributed by atoms with Crippen LogP contribution in [0.4, 0.5) is 0 Å². The van der Waals surface area contributed by atoms with Crippen LogP contribution in [-0.4, -0.2) is 31.8 Å². The van der Waals surface area contributed by atoms with Gasteiger partial charge in [0.15, 0.2) is 0 Å². The molecular weight excluding hydrogens is 222 g/mol. The van der Waals surface area contributed by atoms with Crippen LogP contribution in [0.15, 0.2) is 11.6 Å². The largest absolute Gasteiger partial charge is 0.359 e. The van der Waals surface area contributed by atoms with Gasteiger partial charge in [-0.2, -0.15) is 0 Å². The third-order valence-corrected chi connectivity index (χ3v) is 3.23. The van der Waals surface area contributed by atoms with Gasteiger partial charge in [0, 0.05) is 0 Å². The van der Waals surface area contributed by atoms with E-state index in [4.69, 9.17) is 4.74 Å². The summed E-state index contributed by atoms with van der Waals surface area (Å²) in [5, 5.41) is 0. The third kappa shape index (κ3) is 8.71. The first-order valence-electron chi connectivity index (χ1n) is 7.32. The Bertz CT molecular complexity index is 233. The monoisotopic (exact) mass is 255 g/mol. The quantitative estimate of drug-likeness (QED) is 0.449. The Balaban J connectivity index is 4.45. The number of allylic oxidation sites excluding steroid dienone is 1. The van der Waals surface area contributed by atoms with Gasteiger partial charge in [0.25, 0.3) is 0 Å². The molecule has 2 heteroatoms. The molecule has 108 valence electrons. The van der Waals surface area contributed by atoms with Crippen LogP contribution in [0.2, 0.25) is 0 Å². The molecule has 0 aromatic carbocycles. The van der Waals surface area contributed by atoms with Gasteiger partial charge in [0.2, 0.25) is 0 Å². The Hall–Kier alpha value is -0.340. The lowest BCUT2D eigenvalue weighted by molar-refractivity contribution is 0.0211. The van der Waals surface area contributed by atoms with E-state index in [0.717, 1.165) is 12.3 Å². The maximum absolute atomic E-state index is 5.89. The molecule has 0 heterocycles. The molecule has 0 aromatic rings. The van der Waals surface area contributed by atoms with Crippen LogP contribution < -0.4 is 0 Å². The molecule has 0 saturated carbocycles. The molecule has 2 unspecified atom stereocenters. The molecule has 0 aliphatic carbocycles. The minimum absolute atomic E-state index is 0.235. The van der Waals surface area contributed by atoms with Crippen LogP contribution >= 0.6 is 0 Å². The van der Waals surface area contributed by atoms with Gasteiger partial charge < -0.3 is 4.74 Å². The van der Waals surface area contributed by atoms with Crippen molar-refractivity contribution in [1.82, 2.24) is 4.90 Å². The topological polar surface area (TPSA) is 12.5 Å². The van der Waals surface area contributed by atoms with Gasteiger partial charge in [-0.05, 0) is 51.3 Å². The molecule has 0 bridgehead atoms.